The third-order valence-corrected chi connectivity index (χ3v) is 4.00. The third-order valence-electron chi connectivity index (χ3n) is 4.00. The van der Waals surface area contributed by atoms with Gasteiger partial charge in [0.1, 0.15) is 17.7 Å². The first-order chi connectivity index (χ1) is 9.66. The normalized spacial score (nSPS) is 22.1. The second-order valence-corrected chi connectivity index (χ2v) is 5.45. The molecule has 1 atom stereocenters. The molecule has 1 aromatic heterocycles. The van der Waals surface area contributed by atoms with Crippen molar-refractivity contribution >= 4 is 17.2 Å². The Hall–Kier alpha value is -1.89. The van der Waals surface area contributed by atoms with E-state index in [1.165, 1.54) is 6.20 Å². The Morgan fingerprint density at radius 2 is 2.35 bits per heavy atom. The molecular weight excluding hydrogens is 258 g/mol. The number of fused-ring (bicyclic) bond motifs is 1. The number of nitro groups is 1. The monoisotopic (exact) mass is 277 g/mol. The maximum Gasteiger partial charge on any atom is 0.311 e. The fourth-order valence-corrected chi connectivity index (χ4v) is 3.09. The summed E-state index contributed by atoms with van der Waals surface area (Å²) in [6.45, 7) is 2.37. The highest BCUT2D eigenvalue weighted by molar-refractivity contribution is 5.74. The number of anilines is 2. The van der Waals surface area contributed by atoms with Gasteiger partial charge in [0.2, 0.25) is 0 Å². The van der Waals surface area contributed by atoms with Crippen molar-refractivity contribution in [2.75, 3.05) is 29.9 Å². The van der Waals surface area contributed by atoms with Crippen molar-refractivity contribution in [2.24, 2.45) is 5.73 Å². The van der Waals surface area contributed by atoms with E-state index < -0.39 is 0 Å². The van der Waals surface area contributed by atoms with E-state index >= 15 is 0 Å². The minimum atomic E-state index is -0.336. The van der Waals surface area contributed by atoms with Crippen molar-refractivity contribution < 1.29 is 4.92 Å². The lowest BCUT2D eigenvalue weighted by atomic mass is 10.00. The standard InChI is InChI=1S/C13H19N5O2/c14-9-3-2-6-17(8-9)12-10-4-1-5-15-13(10)16-7-11(12)18(19)20/h7,9H,1-6,8,14H2,(H,15,16)/t9-/m0/s1. The van der Waals surface area contributed by atoms with Gasteiger partial charge >= 0.3 is 5.69 Å². The lowest BCUT2D eigenvalue weighted by molar-refractivity contribution is -0.384. The molecule has 3 N–H and O–H groups in total. The van der Waals surface area contributed by atoms with E-state index in [9.17, 15) is 10.1 Å². The van der Waals surface area contributed by atoms with Crippen LogP contribution >= 0.6 is 0 Å². The first kappa shape index (κ1) is 13.1. The van der Waals surface area contributed by atoms with E-state index in [0.29, 0.717) is 6.54 Å². The van der Waals surface area contributed by atoms with Crippen LogP contribution < -0.4 is 16.0 Å². The van der Waals surface area contributed by atoms with Crippen molar-refractivity contribution in [1.82, 2.24) is 4.98 Å². The van der Waals surface area contributed by atoms with E-state index in [1.807, 2.05) is 0 Å². The van der Waals surface area contributed by atoms with Crippen LogP contribution in [0.25, 0.3) is 0 Å². The van der Waals surface area contributed by atoms with Crippen molar-refractivity contribution in [3.63, 3.8) is 0 Å². The van der Waals surface area contributed by atoms with Crippen molar-refractivity contribution in [1.29, 1.82) is 0 Å². The predicted molar refractivity (Wildman–Crippen MR) is 77.1 cm³/mol. The summed E-state index contributed by atoms with van der Waals surface area (Å²) < 4.78 is 0. The average molecular weight is 277 g/mol. The van der Waals surface area contributed by atoms with Crippen LogP contribution in [0.15, 0.2) is 6.20 Å². The van der Waals surface area contributed by atoms with Crippen LogP contribution in [0.1, 0.15) is 24.8 Å². The topological polar surface area (TPSA) is 97.3 Å². The second kappa shape index (κ2) is 5.24. The zero-order valence-electron chi connectivity index (χ0n) is 11.3. The second-order valence-electron chi connectivity index (χ2n) is 5.45. The SMILES string of the molecule is N[C@H]1CCCN(c2c([N+](=O)[O-])cnc3c2CCCN3)C1. The van der Waals surface area contributed by atoms with E-state index in [4.69, 9.17) is 5.73 Å². The molecule has 3 rings (SSSR count). The van der Waals surface area contributed by atoms with Crippen molar-refractivity contribution in [2.45, 2.75) is 31.7 Å². The number of pyridine rings is 1. The zero-order chi connectivity index (χ0) is 14.1. The first-order valence-electron chi connectivity index (χ1n) is 7.07. The number of piperidine rings is 1. The van der Waals surface area contributed by atoms with Gasteiger partial charge in [0.05, 0.1) is 4.92 Å². The van der Waals surface area contributed by atoms with E-state index in [-0.39, 0.29) is 16.7 Å². The van der Waals surface area contributed by atoms with Crippen molar-refractivity contribution in [3.8, 4) is 0 Å². The van der Waals surface area contributed by atoms with Gasteiger partial charge in [-0.2, -0.15) is 0 Å². The molecule has 0 radical (unpaired) electrons. The summed E-state index contributed by atoms with van der Waals surface area (Å²) in [6, 6.07) is 0.0868. The molecule has 7 heteroatoms. The van der Waals surface area contributed by atoms with Crippen LogP contribution in [-0.2, 0) is 6.42 Å². The molecule has 1 saturated heterocycles. The Morgan fingerprint density at radius 3 is 3.10 bits per heavy atom. The van der Waals surface area contributed by atoms with Crippen LogP contribution in [0.2, 0.25) is 0 Å². The summed E-state index contributed by atoms with van der Waals surface area (Å²) in [5.41, 5.74) is 7.82. The Bertz CT molecular complexity index is 534. The summed E-state index contributed by atoms with van der Waals surface area (Å²) in [4.78, 5) is 17.3. The fourth-order valence-electron chi connectivity index (χ4n) is 3.09. The summed E-state index contributed by atoms with van der Waals surface area (Å²) in [5.74, 6) is 0.788. The molecular formula is C13H19N5O2. The number of nitrogens with zero attached hydrogens (tertiary/aromatic N) is 3. The highest BCUT2D eigenvalue weighted by Crippen LogP contribution is 2.38. The van der Waals surface area contributed by atoms with Crippen LogP contribution in [0, 0.1) is 10.1 Å². The number of nitrogens with one attached hydrogen (secondary N) is 1. The molecule has 20 heavy (non-hydrogen) atoms. The Kier molecular flexibility index (Phi) is 3.43. The minimum Gasteiger partial charge on any atom is -0.370 e. The van der Waals surface area contributed by atoms with E-state index in [0.717, 1.165) is 55.8 Å². The van der Waals surface area contributed by atoms with Crippen LogP contribution in [0.4, 0.5) is 17.2 Å². The number of hydrogen-bond acceptors (Lipinski definition) is 6. The number of nitrogens with two attached hydrogens (primary N) is 1. The molecule has 0 amide bonds. The zero-order valence-corrected chi connectivity index (χ0v) is 11.3. The van der Waals surface area contributed by atoms with Crippen LogP contribution in [-0.4, -0.2) is 35.6 Å². The number of hydrogen-bond donors (Lipinski definition) is 2. The third kappa shape index (κ3) is 2.29. The maximum absolute atomic E-state index is 11.3. The molecule has 1 aromatic rings. The molecule has 0 saturated carbocycles. The summed E-state index contributed by atoms with van der Waals surface area (Å²) in [7, 11) is 0. The van der Waals surface area contributed by atoms with Gasteiger partial charge in [-0.25, -0.2) is 4.98 Å². The first-order valence-corrected chi connectivity index (χ1v) is 7.07. The van der Waals surface area contributed by atoms with Crippen LogP contribution in [0.5, 0.6) is 0 Å². The molecule has 2 aliphatic heterocycles. The molecule has 3 heterocycles. The molecule has 2 aliphatic rings. The lowest BCUT2D eigenvalue weighted by Crippen LogP contribution is -2.43. The fraction of sp³-hybridized carbons (Fsp3) is 0.615. The smallest absolute Gasteiger partial charge is 0.311 e. The van der Waals surface area contributed by atoms with Gasteiger partial charge in [-0.1, -0.05) is 0 Å². The lowest BCUT2D eigenvalue weighted by Gasteiger charge is -2.34. The van der Waals surface area contributed by atoms with Gasteiger partial charge in [-0.3, -0.25) is 10.1 Å². The molecule has 0 bridgehead atoms. The summed E-state index contributed by atoms with van der Waals surface area (Å²) in [5, 5.41) is 14.5. The van der Waals surface area contributed by atoms with Gasteiger partial charge in [0, 0.05) is 31.2 Å². The summed E-state index contributed by atoms with van der Waals surface area (Å²) >= 11 is 0. The molecule has 0 aromatic carbocycles. The average Bonchev–Trinajstić information content (AvgIpc) is 2.46. The molecule has 1 fully saturated rings. The highest BCUT2D eigenvalue weighted by atomic mass is 16.6. The number of rotatable bonds is 2. The molecule has 0 unspecified atom stereocenters. The minimum absolute atomic E-state index is 0.0868. The largest absolute Gasteiger partial charge is 0.370 e. The van der Waals surface area contributed by atoms with Gasteiger partial charge in [0.15, 0.2) is 0 Å². The highest BCUT2D eigenvalue weighted by Gasteiger charge is 2.30. The van der Waals surface area contributed by atoms with Gasteiger partial charge in [0.25, 0.3) is 0 Å². The van der Waals surface area contributed by atoms with Gasteiger partial charge in [-0.05, 0) is 25.7 Å². The Balaban J connectivity index is 2.07. The number of aromatic nitrogens is 1. The molecule has 0 aliphatic carbocycles. The Morgan fingerprint density at radius 1 is 1.50 bits per heavy atom. The van der Waals surface area contributed by atoms with Gasteiger partial charge < -0.3 is 16.0 Å². The Labute approximate surface area is 117 Å². The van der Waals surface area contributed by atoms with Gasteiger partial charge in [-0.15, -0.1) is 0 Å². The maximum atomic E-state index is 11.3. The molecule has 7 nitrogen and oxygen atoms in total. The quantitative estimate of drug-likeness (QED) is 0.624. The van der Waals surface area contributed by atoms with Crippen LogP contribution in [0.3, 0.4) is 0 Å². The predicted octanol–water partition coefficient (Wildman–Crippen LogP) is 1.28. The summed E-state index contributed by atoms with van der Waals surface area (Å²) in [6.07, 6.45) is 5.13. The van der Waals surface area contributed by atoms with E-state index in [2.05, 4.69) is 15.2 Å². The molecule has 0 spiro atoms. The van der Waals surface area contributed by atoms with Crippen molar-refractivity contribution in [3.05, 3.63) is 21.9 Å². The van der Waals surface area contributed by atoms with E-state index in [1.54, 1.807) is 0 Å². The molecule has 108 valence electrons.